The normalized spacial score (nSPS) is 53.1. The van der Waals surface area contributed by atoms with E-state index in [4.69, 9.17) is 23.4 Å². The third-order valence-corrected chi connectivity index (χ3v) is 35.2. The van der Waals surface area contributed by atoms with Crippen molar-refractivity contribution < 1.29 is 53.1 Å². The zero-order chi connectivity index (χ0) is 63.4. The second-order valence-electron chi connectivity index (χ2n) is 36.8. The molecule has 5 saturated heterocycles. The highest BCUT2D eigenvalue weighted by Gasteiger charge is 3.02. The largest absolute Gasteiger partial charge is 0.469 e. The maximum atomic E-state index is 18.2. The molecule has 9 bridgehead atoms. The number of furan rings is 1. The molecule has 8 spiro atoms. The van der Waals surface area contributed by atoms with E-state index in [0.29, 0.717) is 68.1 Å². The summed E-state index contributed by atoms with van der Waals surface area (Å²) < 4.78 is 39.5. The summed E-state index contributed by atoms with van der Waals surface area (Å²) in [6.07, 6.45) is 32.3. The number of hydrogen-bond donors (Lipinski definition) is 4. The minimum atomic E-state index is -1.54. The topological polar surface area (TPSA) is 181 Å². The molecule has 4 N–H and O–H groups in total. The second kappa shape index (κ2) is 19.2. The molecule has 28 unspecified atom stereocenters. The lowest BCUT2D eigenvalue weighted by molar-refractivity contribution is -0.322. The number of nitrogens with one attached hydrogen (secondary N) is 1. The maximum Gasteiger partial charge on any atom is 0.339 e. The number of aryl methyl sites for hydroxylation is 1. The predicted octanol–water partition coefficient (Wildman–Crippen LogP) is 11.3. The van der Waals surface area contributed by atoms with Gasteiger partial charge in [-0.25, -0.2) is 4.79 Å². The molecule has 8 heterocycles. The van der Waals surface area contributed by atoms with Crippen molar-refractivity contribution in [1.29, 1.82) is 0 Å². The molecular weight excluding hydrogens is 1190 g/mol. The van der Waals surface area contributed by atoms with Gasteiger partial charge in [-0.3, -0.25) is 14.9 Å². The number of carbonyl (C=O) groups is 3. The number of fused-ring (bicyclic) bond motifs is 9. The van der Waals surface area contributed by atoms with Crippen LogP contribution in [0.4, 0.5) is 0 Å². The summed E-state index contributed by atoms with van der Waals surface area (Å²) in [7, 11) is 0. The molecule has 11 saturated carbocycles. The van der Waals surface area contributed by atoms with E-state index in [9.17, 15) is 10.2 Å². The van der Waals surface area contributed by atoms with Crippen molar-refractivity contribution >= 4 is 17.7 Å². The van der Waals surface area contributed by atoms with E-state index in [1.54, 1.807) is 0 Å². The minimum absolute atomic E-state index is 0.0206. The van der Waals surface area contributed by atoms with Gasteiger partial charge in [-0.2, -0.15) is 0 Å². The molecule has 13 aliphatic carbocycles. The average molecular weight is 1290 g/mol. The highest BCUT2D eigenvalue weighted by molar-refractivity contribution is 5.94. The number of epoxide rings is 1. The molecule has 13 nitrogen and oxygen atoms in total. The zero-order valence-electron chi connectivity index (χ0n) is 55.9. The Hall–Kier alpha value is -4.29. The van der Waals surface area contributed by atoms with Gasteiger partial charge in [0.1, 0.15) is 29.7 Å². The summed E-state index contributed by atoms with van der Waals surface area (Å²) in [4.78, 5) is 54.3. The van der Waals surface area contributed by atoms with Crippen LogP contribution < -0.4 is 5.32 Å². The van der Waals surface area contributed by atoms with Crippen LogP contribution in [0, 0.1) is 139 Å². The van der Waals surface area contributed by atoms with Crippen molar-refractivity contribution in [3.63, 3.8) is 0 Å². The number of Topliss-reactive ketones (excluding diaryl/α,β-unsaturated/α-hetero) is 1. The SMILES string of the molecule is CC12CC3C4CCC5C6(CCCC6)CCC56CCC5CC7=CCC8(C9CCCCC9)OC79C(C(=O)OCC97C8C(=O)C(O)C8(C9CC(Cc%10ccccc%10)CCC9C#CC9CCc%10coc(CC(C(O)CO)C%11CCC%12C(C=CN%13CNCC%12%13)C%11)c%10C91OC(=O)C1OC182)C37)C546. The number of ether oxygens (including phenoxy) is 4. The third-order valence-electron chi connectivity index (χ3n) is 35.2. The van der Waals surface area contributed by atoms with E-state index in [2.05, 4.69) is 77.7 Å². The Balaban J connectivity index is 0.811. The van der Waals surface area contributed by atoms with Crippen LogP contribution in [0.1, 0.15) is 190 Å². The maximum absolute atomic E-state index is 18.2. The van der Waals surface area contributed by atoms with Gasteiger partial charge in [0.15, 0.2) is 17.5 Å². The molecule has 7 aliphatic heterocycles. The van der Waals surface area contributed by atoms with Gasteiger partial charge in [0, 0.05) is 41.3 Å². The molecule has 13 heteroatoms. The number of nitrogens with zero attached hydrogens (tertiary/aromatic N) is 1. The lowest BCUT2D eigenvalue weighted by Crippen LogP contribution is -2.84. The highest BCUT2D eigenvalue weighted by Crippen LogP contribution is 2.95. The molecule has 28 atom stereocenters. The molecule has 20 aliphatic rings. The average Bonchev–Trinajstić information content (AvgIpc) is 1.42. The number of cyclic esters (lactones) is 1. The Morgan fingerprint density at radius 2 is 1.68 bits per heavy atom. The second-order valence-corrected chi connectivity index (χ2v) is 36.8. The van der Waals surface area contributed by atoms with E-state index in [1.807, 2.05) is 6.26 Å². The van der Waals surface area contributed by atoms with Crippen LogP contribution in [0.25, 0.3) is 0 Å². The first kappa shape index (κ1) is 58.5. The van der Waals surface area contributed by atoms with Crippen molar-refractivity contribution in [2.45, 2.75) is 233 Å². The quantitative estimate of drug-likeness (QED) is 0.0849. The van der Waals surface area contributed by atoms with Gasteiger partial charge in [0.05, 0.1) is 54.4 Å². The molecule has 95 heavy (non-hydrogen) atoms. The molecule has 2 aromatic rings. The van der Waals surface area contributed by atoms with E-state index in [1.165, 1.54) is 43.2 Å². The van der Waals surface area contributed by atoms with Crippen molar-refractivity contribution in [1.82, 2.24) is 10.2 Å². The van der Waals surface area contributed by atoms with Gasteiger partial charge in [0.25, 0.3) is 0 Å². The van der Waals surface area contributed by atoms with Crippen LogP contribution in [0.2, 0.25) is 0 Å². The number of hydrogen-bond acceptors (Lipinski definition) is 13. The smallest absolute Gasteiger partial charge is 0.339 e. The summed E-state index contributed by atoms with van der Waals surface area (Å²) in [5, 5.41) is 42.8. The summed E-state index contributed by atoms with van der Waals surface area (Å²) in [5.41, 5.74) is -4.60. The van der Waals surface area contributed by atoms with Crippen molar-refractivity contribution in [2.75, 3.05) is 26.4 Å². The fourth-order valence-corrected chi connectivity index (χ4v) is 33.1. The molecule has 0 amide bonds. The fraction of sp³-hybridized carbons (Fsp3) is 0.768. The fourth-order valence-electron chi connectivity index (χ4n) is 33.1. The van der Waals surface area contributed by atoms with Crippen molar-refractivity contribution in [2.24, 2.45) is 127 Å². The Morgan fingerprint density at radius 1 is 0.821 bits per heavy atom. The number of aliphatic hydroxyl groups is 3. The highest BCUT2D eigenvalue weighted by atomic mass is 16.7. The van der Waals surface area contributed by atoms with Gasteiger partial charge >= 0.3 is 11.9 Å². The number of allylic oxidation sites excluding steroid dienone is 1. The number of ketones is 1. The molecule has 0 radical (unpaired) electrons. The van der Waals surface area contributed by atoms with Crippen LogP contribution in [0.15, 0.2) is 64.9 Å². The van der Waals surface area contributed by atoms with Gasteiger partial charge in [-0.15, -0.1) is 0 Å². The molecule has 16 fully saturated rings. The summed E-state index contributed by atoms with van der Waals surface area (Å²) in [6.45, 7) is 3.97. The molecule has 22 rings (SSSR count). The number of esters is 2. The van der Waals surface area contributed by atoms with E-state index < -0.39 is 92.0 Å². The number of benzene rings is 1. The van der Waals surface area contributed by atoms with Crippen molar-refractivity contribution in [3.8, 4) is 11.8 Å². The predicted molar refractivity (Wildman–Crippen MR) is 348 cm³/mol. The Labute approximate surface area is 560 Å². The molecule has 504 valence electrons. The monoisotopic (exact) mass is 1290 g/mol. The first-order chi connectivity index (χ1) is 46.3. The van der Waals surface area contributed by atoms with Gasteiger partial charge in [-0.05, 0) is 251 Å². The van der Waals surface area contributed by atoms with Crippen LogP contribution in [-0.4, -0.2) is 106 Å². The summed E-state index contributed by atoms with van der Waals surface area (Å²) >= 11 is 0. The Morgan fingerprint density at radius 3 is 2.54 bits per heavy atom. The van der Waals surface area contributed by atoms with Crippen molar-refractivity contribution in [3.05, 3.63) is 83.0 Å². The minimum Gasteiger partial charge on any atom is -0.469 e. The summed E-state index contributed by atoms with van der Waals surface area (Å²) in [6, 6.07) is 11.4. The van der Waals surface area contributed by atoms with Crippen LogP contribution in [0.5, 0.6) is 0 Å². The number of rotatable bonds is 8. The number of carbonyl (C=O) groups excluding carboxylic acids is 3. The van der Waals surface area contributed by atoms with Crippen LogP contribution >= 0.6 is 0 Å². The van der Waals surface area contributed by atoms with Crippen LogP contribution in [-0.2, 0) is 58.2 Å². The first-order valence-corrected chi connectivity index (χ1v) is 39.0. The van der Waals surface area contributed by atoms with Gasteiger partial charge < -0.3 is 43.6 Å². The number of aliphatic hydroxyl groups excluding tert-OH is 3. The molecule has 1 aromatic heterocycles. The first-order valence-electron chi connectivity index (χ1n) is 39.0. The molecular formula is C82H100N2O11. The third kappa shape index (κ3) is 6.31. The Bertz CT molecular complexity index is 3780. The zero-order valence-corrected chi connectivity index (χ0v) is 55.9. The van der Waals surface area contributed by atoms with E-state index in [-0.39, 0.29) is 89.1 Å². The van der Waals surface area contributed by atoms with E-state index in [0.717, 1.165) is 133 Å². The molecule has 1 aromatic carbocycles. The lowest BCUT2D eigenvalue weighted by atomic mass is 9.27. The summed E-state index contributed by atoms with van der Waals surface area (Å²) in [5.74, 6) is 6.88. The Kier molecular flexibility index (Phi) is 11.8. The van der Waals surface area contributed by atoms with Gasteiger partial charge in [-0.1, -0.05) is 93.4 Å². The van der Waals surface area contributed by atoms with Gasteiger partial charge in [0.2, 0.25) is 0 Å². The van der Waals surface area contributed by atoms with Crippen LogP contribution in [0.3, 0.4) is 0 Å². The standard InChI is InChI=1S/C82H100N2O11/c1-73-39-57-58-22-23-63-74(27-8-9-28-74)31-32-75(63)29-24-53-37-54-25-30-77(51-12-6-3-7-13-51)67-65(87)69(88)79(66(57)76(67)43-92-71(89)68(78(53,58)75)81(54,76)95-77)59-35-46(34-45-10-4-2-5-11-45)14-15-47(59)16-19-52-20-17-50-42-91-62(64(50)80(52,73)94-72(90)70-82(73,79)93-70)38-56(61(86)41-85)48-18-21-55-49(36-48)26-33-84-44-83-40-60(55)84/h2,4-5,10-11,25-26,33,42,46-49,51-53,55-61,63,66-70,83,85-86,88H,3,6-9,12-15,17-18,20-24,27-32,34-41,43-44H2,1H3. The van der Waals surface area contributed by atoms with E-state index >= 15 is 19.5 Å². The lowest BCUT2D eigenvalue weighted by Gasteiger charge is -2.75.